The average Bonchev–Trinajstić information content (AvgIpc) is 2.79. The van der Waals surface area contributed by atoms with Crippen LogP contribution in [0.2, 0.25) is 0 Å². The van der Waals surface area contributed by atoms with Crippen molar-refractivity contribution in [3.8, 4) is 11.8 Å². The van der Waals surface area contributed by atoms with Gasteiger partial charge in [0, 0.05) is 17.5 Å². The number of halogens is 2. The van der Waals surface area contributed by atoms with Gasteiger partial charge in [-0.25, -0.2) is 13.8 Å². The molecule has 0 saturated heterocycles. The summed E-state index contributed by atoms with van der Waals surface area (Å²) in [6.45, 7) is 3.60. The van der Waals surface area contributed by atoms with Crippen LogP contribution in [0, 0.1) is 29.9 Å². The van der Waals surface area contributed by atoms with Crippen LogP contribution in [0.25, 0.3) is 16.6 Å². The van der Waals surface area contributed by atoms with E-state index in [-0.39, 0.29) is 40.2 Å². The molecule has 176 valence electrons. The van der Waals surface area contributed by atoms with E-state index in [2.05, 4.69) is 15.3 Å². The molecule has 0 aliphatic carbocycles. The molecule has 0 radical (unpaired) electrons. The lowest BCUT2D eigenvalue weighted by Gasteiger charge is -2.36. The van der Waals surface area contributed by atoms with Gasteiger partial charge in [0.25, 0.3) is 5.56 Å². The Kier molecular flexibility index (Phi) is 5.09. The van der Waals surface area contributed by atoms with Crippen molar-refractivity contribution in [2.75, 3.05) is 16.8 Å². The molecule has 3 heterocycles. The van der Waals surface area contributed by atoms with E-state index in [0.29, 0.717) is 22.9 Å². The highest BCUT2D eigenvalue weighted by molar-refractivity contribution is 5.82. The van der Waals surface area contributed by atoms with E-state index in [4.69, 9.17) is 16.5 Å². The van der Waals surface area contributed by atoms with Crippen LogP contribution in [0.3, 0.4) is 0 Å². The van der Waals surface area contributed by atoms with Crippen molar-refractivity contribution >= 4 is 28.5 Å². The number of fused-ring (bicyclic) bond motifs is 4. The molecular formula is C24H20F2N8O. The Morgan fingerprint density at radius 2 is 1.97 bits per heavy atom. The molecule has 0 saturated carbocycles. The zero-order chi connectivity index (χ0) is 25.0. The van der Waals surface area contributed by atoms with Gasteiger partial charge in [0.2, 0.25) is 5.95 Å². The molecule has 9 nitrogen and oxygen atoms in total. The van der Waals surface area contributed by atoms with E-state index in [1.54, 1.807) is 25.1 Å². The van der Waals surface area contributed by atoms with Gasteiger partial charge in [-0.1, -0.05) is 19.1 Å². The molecule has 0 spiro atoms. The van der Waals surface area contributed by atoms with Crippen LogP contribution >= 0.6 is 0 Å². The fourth-order valence-corrected chi connectivity index (χ4v) is 4.79. The summed E-state index contributed by atoms with van der Waals surface area (Å²) in [6.07, 6.45) is 0.396. The van der Waals surface area contributed by atoms with Crippen LogP contribution in [0.5, 0.6) is 0 Å². The van der Waals surface area contributed by atoms with E-state index < -0.39 is 29.2 Å². The number of aryl methyl sites for hydroxylation is 1. The number of benzene rings is 2. The van der Waals surface area contributed by atoms with Crippen molar-refractivity contribution in [3.05, 3.63) is 74.8 Å². The second kappa shape index (κ2) is 8.02. The van der Waals surface area contributed by atoms with E-state index in [0.717, 1.165) is 12.1 Å². The van der Waals surface area contributed by atoms with E-state index in [1.807, 2.05) is 13.0 Å². The quantitative estimate of drug-likeness (QED) is 0.409. The molecule has 2 aromatic heterocycles. The third-order valence-electron chi connectivity index (χ3n) is 6.29. The van der Waals surface area contributed by atoms with Gasteiger partial charge in [0.1, 0.15) is 34.9 Å². The lowest BCUT2D eigenvalue weighted by molar-refractivity contribution is 0.469. The highest BCUT2D eigenvalue weighted by Crippen LogP contribution is 2.44. The van der Waals surface area contributed by atoms with Crippen LogP contribution in [0.4, 0.5) is 26.4 Å². The monoisotopic (exact) mass is 474 g/mol. The van der Waals surface area contributed by atoms with Crippen molar-refractivity contribution in [3.63, 3.8) is 0 Å². The average molecular weight is 474 g/mol. The number of nitriles is 1. The van der Waals surface area contributed by atoms with Gasteiger partial charge < -0.3 is 16.8 Å². The molecule has 0 bridgehead atoms. The Balaban J connectivity index is 1.86. The van der Waals surface area contributed by atoms with Crippen molar-refractivity contribution in [1.29, 1.82) is 5.26 Å². The number of nitrogen functional groups attached to an aromatic ring is 2. The van der Waals surface area contributed by atoms with Crippen LogP contribution < -0.4 is 22.3 Å². The normalized spacial score (nSPS) is 16.4. The Bertz CT molecular complexity index is 1630. The summed E-state index contributed by atoms with van der Waals surface area (Å²) >= 11 is 0. The second-order valence-corrected chi connectivity index (χ2v) is 8.34. The molecule has 0 amide bonds. The van der Waals surface area contributed by atoms with E-state index in [9.17, 15) is 14.4 Å². The largest absolute Gasteiger partial charge is 0.382 e. The highest BCUT2D eigenvalue weighted by Gasteiger charge is 2.38. The summed E-state index contributed by atoms with van der Waals surface area (Å²) in [5, 5.41) is 13.1. The Labute approximate surface area is 198 Å². The number of nitrogens with one attached hydrogen (secondary N) is 1. The van der Waals surface area contributed by atoms with Gasteiger partial charge in [-0.3, -0.25) is 9.36 Å². The first kappa shape index (κ1) is 22.2. The first-order chi connectivity index (χ1) is 16.7. The van der Waals surface area contributed by atoms with Gasteiger partial charge in [-0.15, -0.1) is 0 Å². The predicted molar refractivity (Wildman–Crippen MR) is 127 cm³/mol. The molecule has 11 heteroatoms. The first-order valence-corrected chi connectivity index (χ1v) is 10.9. The first-order valence-electron chi connectivity index (χ1n) is 10.9. The van der Waals surface area contributed by atoms with Gasteiger partial charge in [0.15, 0.2) is 5.82 Å². The summed E-state index contributed by atoms with van der Waals surface area (Å²) in [5.41, 5.74) is 12.5. The van der Waals surface area contributed by atoms with Gasteiger partial charge in [-0.05, 0) is 31.0 Å². The summed E-state index contributed by atoms with van der Waals surface area (Å²) in [6, 6.07) is 8.28. The highest BCUT2D eigenvalue weighted by atomic mass is 19.1. The minimum absolute atomic E-state index is 0.0251. The number of hydrogen-bond donors (Lipinski definition) is 3. The third kappa shape index (κ3) is 3.33. The van der Waals surface area contributed by atoms with Crippen LogP contribution in [-0.4, -0.2) is 19.5 Å². The SMILES string of the molecule is CC[C@H]1c2c(F)cc(F)cc2-n2c(nc3cccc(C)c3c2=O)[C@@H]1Nc1nc(N)nc(N)c1C#N. The zero-order valence-electron chi connectivity index (χ0n) is 18.8. The summed E-state index contributed by atoms with van der Waals surface area (Å²) in [4.78, 5) is 26.4. The number of nitrogens with zero attached hydrogens (tertiary/aromatic N) is 5. The third-order valence-corrected chi connectivity index (χ3v) is 6.29. The van der Waals surface area contributed by atoms with Crippen molar-refractivity contribution in [2.24, 2.45) is 0 Å². The minimum atomic E-state index is -0.828. The van der Waals surface area contributed by atoms with Crippen LogP contribution in [0.1, 0.15) is 47.8 Å². The summed E-state index contributed by atoms with van der Waals surface area (Å²) < 4.78 is 30.8. The lowest BCUT2D eigenvalue weighted by Crippen LogP contribution is -2.37. The molecule has 1 aliphatic rings. The summed E-state index contributed by atoms with van der Waals surface area (Å²) in [7, 11) is 0. The molecule has 4 aromatic rings. The van der Waals surface area contributed by atoms with Crippen molar-refractivity contribution < 1.29 is 8.78 Å². The number of anilines is 3. The molecule has 5 rings (SSSR count). The number of nitrogens with two attached hydrogens (primary N) is 2. The Morgan fingerprint density at radius 3 is 2.69 bits per heavy atom. The number of aromatic nitrogens is 4. The van der Waals surface area contributed by atoms with Gasteiger partial charge >= 0.3 is 0 Å². The molecule has 2 atom stereocenters. The fourth-order valence-electron chi connectivity index (χ4n) is 4.79. The van der Waals surface area contributed by atoms with Crippen LogP contribution in [0.15, 0.2) is 35.1 Å². The maximum absolute atomic E-state index is 15.3. The molecule has 0 unspecified atom stereocenters. The number of hydrogen-bond acceptors (Lipinski definition) is 8. The molecule has 1 aliphatic heterocycles. The van der Waals surface area contributed by atoms with Crippen LogP contribution in [-0.2, 0) is 0 Å². The molecule has 0 fully saturated rings. The maximum atomic E-state index is 15.3. The zero-order valence-corrected chi connectivity index (χ0v) is 18.8. The lowest BCUT2D eigenvalue weighted by atomic mass is 9.83. The Morgan fingerprint density at radius 1 is 1.20 bits per heavy atom. The molecule has 35 heavy (non-hydrogen) atoms. The predicted octanol–water partition coefficient (Wildman–Crippen LogP) is 3.46. The topological polar surface area (TPSA) is 149 Å². The Hall–Kier alpha value is -4.59. The summed E-state index contributed by atoms with van der Waals surface area (Å²) in [5.74, 6) is -2.24. The molecular weight excluding hydrogens is 454 g/mol. The maximum Gasteiger partial charge on any atom is 0.266 e. The second-order valence-electron chi connectivity index (χ2n) is 8.34. The smallest absolute Gasteiger partial charge is 0.266 e. The van der Waals surface area contributed by atoms with Gasteiger partial charge in [0.05, 0.1) is 22.6 Å². The number of rotatable bonds is 3. The van der Waals surface area contributed by atoms with Crippen molar-refractivity contribution in [1.82, 2.24) is 19.5 Å². The van der Waals surface area contributed by atoms with E-state index in [1.165, 1.54) is 4.57 Å². The standard InChI is InChI=1S/C24H20F2N8O/c1-3-12-18-14(26)7-11(25)8-16(18)34-22(30-15-6-4-5-10(2)17(15)23(34)35)19(12)31-21-13(9-27)20(28)32-24(29)33-21/h4-8,12,19H,3H2,1-2H3,(H5,28,29,31,32,33)/t12-,19+/m0/s1. The molecule has 5 N–H and O–H groups in total. The van der Waals surface area contributed by atoms with Gasteiger partial charge in [-0.2, -0.15) is 15.2 Å². The van der Waals surface area contributed by atoms with E-state index >= 15 is 4.39 Å². The van der Waals surface area contributed by atoms with Crippen molar-refractivity contribution in [2.45, 2.75) is 32.2 Å². The minimum Gasteiger partial charge on any atom is -0.382 e. The molecule has 2 aromatic carbocycles. The fraction of sp³-hybridized carbons (Fsp3) is 0.208.